The van der Waals surface area contributed by atoms with Crippen LogP contribution in [-0.2, 0) is 22.1 Å². The molecule has 2 N–H and O–H groups in total. The second kappa shape index (κ2) is 13.0. The summed E-state index contributed by atoms with van der Waals surface area (Å²) in [4.78, 5) is 4.58. The van der Waals surface area contributed by atoms with E-state index in [2.05, 4.69) is 15.6 Å². The van der Waals surface area contributed by atoms with Gasteiger partial charge in [-0.1, -0.05) is 35.9 Å². The highest BCUT2D eigenvalue weighted by molar-refractivity contribution is 14.0. The van der Waals surface area contributed by atoms with Crippen molar-refractivity contribution >= 4 is 51.4 Å². The van der Waals surface area contributed by atoms with Crippen molar-refractivity contribution < 1.29 is 13.2 Å². The van der Waals surface area contributed by atoms with Gasteiger partial charge in [-0.05, 0) is 49.2 Å². The Hall–Kier alpha value is -1.52. The fraction of sp³-hybridized carbons (Fsp3) is 0.381. The normalized spacial score (nSPS) is 12.6. The Bertz CT molecular complexity index is 904. The van der Waals surface area contributed by atoms with E-state index in [1.165, 1.54) is 6.26 Å². The maximum absolute atomic E-state index is 11.4. The van der Waals surface area contributed by atoms with Crippen LogP contribution in [0.4, 0.5) is 0 Å². The number of aliphatic imine (C=N–C) groups is 1. The average Bonchev–Trinajstić information content (AvgIpc) is 2.66. The first kappa shape index (κ1) is 26.5. The number of hydrogen-bond acceptors (Lipinski definition) is 4. The Morgan fingerprint density at radius 1 is 1.07 bits per heavy atom. The van der Waals surface area contributed by atoms with E-state index >= 15 is 0 Å². The molecular weight excluding hydrogens is 537 g/mol. The van der Waals surface area contributed by atoms with E-state index in [4.69, 9.17) is 16.3 Å². The predicted molar refractivity (Wildman–Crippen MR) is 135 cm³/mol. The van der Waals surface area contributed by atoms with Crippen LogP contribution in [0.3, 0.4) is 0 Å². The SMILES string of the molecule is CCNC(=NCc1ccc(CS(C)(=O)=O)cc1)NCC(C)Oc1ccc(Cl)cc1.I. The maximum atomic E-state index is 11.4. The minimum atomic E-state index is -3.03. The molecule has 0 aromatic heterocycles. The van der Waals surface area contributed by atoms with Crippen molar-refractivity contribution in [3.63, 3.8) is 0 Å². The van der Waals surface area contributed by atoms with Gasteiger partial charge in [0.2, 0.25) is 0 Å². The van der Waals surface area contributed by atoms with Gasteiger partial charge in [-0.2, -0.15) is 0 Å². The molecule has 30 heavy (non-hydrogen) atoms. The molecule has 1 unspecified atom stereocenters. The molecule has 2 aromatic rings. The van der Waals surface area contributed by atoms with Crippen LogP contribution >= 0.6 is 35.6 Å². The fourth-order valence-electron chi connectivity index (χ4n) is 2.58. The van der Waals surface area contributed by atoms with Crippen LogP contribution in [0.5, 0.6) is 5.75 Å². The number of benzene rings is 2. The van der Waals surface area contributed by atoms with Crippen LogP contribution in [0.25, 0.3) is 0 Å². The summed E-state index contributed by atoms with van der Waals surface area (Å²) in [5, 5.41) is 7.16. The van der Waals surface area contributed by atoms with Crippen molar-refractivity contribution in [2.24, 2.45) is 4.99 Å². The first-order valence-corrected chi connectivity index (χ1v) is 11.9. The minimum absolute atomic E-state index is 0. The zero-order valence-electron chi connectivity index (χ0n) is 17.4. The summed E-state index contributed by atoms with van der Waals surface area (Å²) in [6, 6.07) is 14.7. The lowest BCUT2D eigenvalue weighted by molar-refractivity contribution is 0.224. The van der Waals surface area contributed by atoms with Crippen molar-refractivity contribution in [1.29, 1.82) is 0 Å². The Labute approximate surface area is 201 Å². The molecule has 166 valence electrons. The highest BCUT2D eigenvalue weighted by Crippen LogP contribution is 2.16. The van der Waals surface area contributed by atoms with Crippen LogP contribution in [0, 0.1) is 0 Å². The smallest absolute Gasteiger partial charge is 0.191 e. The molecular formula is C21H29ClIN3O3S. The van der Waals surface area contributed by atoms with Crippen molar-refractivity contribution in [1.82, 2.24) is 10.6 Å². The van der Waals surface area contributed by atoms with Crippen molar-refractivity contribution in [2.75, 3.05) is 19.3 Å². The zero-order valence-corrected chi connectivity index (χ0v) is 21.3. The molecule has 9 heteroatoms. The fourth-order valence-corrected chi connectivity index (χ4v) is 3.51. The van der Waals surface area contributed by atoms with Crippen LogP contribution in [0.15, 0.2) is 53.5 Å². The van der Waals surface area contributed by atoms with E-state index in [1.807, 2.05) is 50.2 Å². The molecule has 0 radical (unpaired) electrons. The highest BCUT2D eigenvalue weighted by atomic mass is 127. The van der Waals surface area contributed by atoms with Crippen LogP contribution in [0.2, 0.25) is 5.02 Å². The van der Waals surface area contributed by atoms with E-state index in [0.29, 0.717) is 24.1 Å². The first-order valence-electron chi connectivity index (χ1n) is 9.45. The molecule has 0 bridgehead atoms. The number of halogens is 2. The lowest BCUT2D eigenvalue weighted by atomic mass is 10.1. The number of rotatable bonds is 9. The molecule has 2 aromatic carbocycles. The second-order valence-electron chi connectivity index (χ2n) is 6.85. The lowest BCUT2D eigenvalue weighted by Crippen LogP contribution is -2.41. The van der Waals surface area contributed by atoms with E-state index < -0.39 is 9.84 Å². The second-order valence-corrected chi connectivity index (χ2v) is 9.42. The molecule has 6 nitrogen and oxygen atoms in total. The minimum Gasteiger partial charge on any atom is -0.489 e. The summed E-state index contributed by atoms with van der Waals surface area (Å²) >= 11 is 5.89. The van der Waals surface area contributed by atoms with Crippen molar-refractivity contribution in [3.05, 3.63) is 64.7 Å². The van der Waals surface area contributed by atoms with Crippen molar-refractivity contribution in [3.8, 4) is 5.75 Å². The first-order chi connectivity index (χ1) is 13.7. The van der Waals surface area contributed by atoms with Gasteiger partial charge < -0.3 is 15.4 Å². The Morgan fingerprint density at radius 2 is 1.67 bits per heavy atom. The standard InChI is InChI=1S/C21H28ClN3O3S.HI/c1-4-23-21(24-13-16(2)28-20-11-9-19(22)10-12-20)25-14-17-5-7-18(8-6-17)15-29(3,26)27;/h5-12,16H,4,13-15H2,1-3H3,(H2,23,24,25);1H. The number of nitrogens with one attached hydrogen (secondary N) is 2. The Morgan fingerprint density at radius 3 is 2.23 bits per heavy atom. The molecule has 0 amide bonds. The van der Waals surface area contributed by atoms with Gasteiger partial charge in [0, 0.05) is 17.8 Å². The van der Waals surface area contributed by atoms with Crippen LogP contribution < -0.4 is 15.4 Å². The quantitative estimate of drug-likeness (QED) is 0.273. The number of nitrogens with zero attached hydrogens (tertiary/aromatic N) is 1. The van der Waals surface area contributed by atoms with Gasteiger partial charge in [0.05, 0.1) is 18.8 Å². The predicted octanol–water partition coefficient (Wildman–Crippen LogP) is 4.03. The molecule has 0 saturated carbocycles. The van der Waals surface area contributed by atoms with Crippen molar-refractivity contribution in [2.45, 2.75) is 32.2 Å². The van der Waals surface area contributed by atoms with Gasteiger partial charge in [-0.3, -0.25) is 0 Å². The maximum Gasteiger partial charge on any atom is 0.191 e. The van der Waals surface area contributed by atoms with Gasteiger partial charge in [0.15, 0.2) is 15.8 Å². The summed E-state index contributed by atoms with van der Waals surface area (Å²) in [6.07, 6.45) is 1.17. The third-order valence-electron chi connectivity index (χ3n) is 3.92. The largest absolute Gasteiger partial charge is 0.489 e. The number of hydrogen-bond donors (Lipinski definition) is 2. The van der Waals surface area contributed by atoms with Gasteiger partial charge in [-0.15, -0.1) is 24.0 Å². The molecule has 0 aliphatic heterocycles. The topological polar surface area (TPSA) is 79.8 Å². The molecule has 0 aliphatic carbocycles. The van der Waals surface area contributed by atoms with E-state index in [9.17, 15) is 8.42 Å². The zero-order chi connectivity index (χ0) is 21.3. The molecule has 0 aliphatic rings. The van der Waals surface area contributed by atoms with E-state index in [1.54, 1.807) is 12.1 Å². The van der Waals surface area contributed by atoms with Gasteiger partial charge in [0.1, 0.15) is 11.9 Å². The third kappa shape index (κ3) is 10.5. The number of sulfone groups is 1. The van der Waals surface area contributed by atoms with Gasteiger partial charge >= 0.3 is 0 Å². The van der Waals surface area contributed by atoms with Gasteiger partial charge in [-0.25, -0.2) is 13.4 Å². The average molecular weight is 566 g/mol. The number of ether oxygens (including phenoxy) is 1. The third-order valence-corrected chi connectivity index (χ3v) is 5.03. The van der Waals surface area contributed by atoms with E-state index in [-0.39, 0.29) is 35.8 Å². The monoisotopic (exact) mass is 565 g/mol. The van der Waals surface area contributed by atoms with Crippen LogP contribution in [-0.4, -0.2) is 39.8 Å². The molecule has 0 heterocycles. The molecule has 2 rings (SSSR count). The van der Waals surface area contributed by atoms with Gasteiger partial charge in [0.25, 0.3) is 0 Å². The molecule has 0 spiro atoms. The summed E-state index contributed by atoms with van der Waals surface area (Å²) in [6.45, 7) is 5.80. The van der Waals surface area contributed by atoms with Crippen LogP contribution in [0.1, 0.15) is 25.0 Å². The highest BCUT2D eigenvalue weighted by Gasteiger charge is 2.07. The summed E-state index contributed by atoms with van der Waals surface area (Å²) in [7, 11) is -3.03. The van der Waals surface area contributed by atoms with E-state index in [0.717, 1.165) is 23.4 Å². The summed E-state index contributed by atoms with van der Waals surface area (Å²) in [5.41, 5.74) is 1.78. The Kier molecular flexibility index (Phi) is 11.5. The summed E-state index contributed by atoms with van der Waals surface area (Å²) < 4.78 is 28.6. The lowest BCUT2D eigenvalue weighted by Gasteiger charge is -2.17. The Balaban J connectivity index is 0.00000450. The molecule has 0 fully saturated rings. The number of guanidine groups is 1. The summed E-state index contributed by atoms with van der Waals surface area (Å²) in [5.74, 6) is 1.51. The molecule has 0 saturated heterocycles. The molecule has 1 atom stereocenters.